The highest BCUT2D eigenvalue weighted by atomic mass is 32.2. The van der Waals surface area contributed by atoms with E-state index in [0.29, 0.717) is 25.6 Å². The minimum atomic E-state index is -3.48. The molecule has 6 nitrogen and oxygen atoms in total. The van der Waals surface area contributed by atoms with Gasteiger partial charge in [0.1, 0.15) is 0 Å². The Morgan fingerprint density at radius 3 is 2.67 bits per heavy atom. The maximum Gasteiger partial charge on any atom is 0.262 e. The van der Waals surface area contributed by atoms with Gasteiger partial charge in [-0.3, -0.25) is 5.10 Å². The Bertz CT molecular complexity index is 560. The van der Waals surface area contributed by atoms with Crippen molar-refractivity contribution in [1.82, 2.24) is 19.8 Å². The number of sulfonamides is 1. The lowest BCUT2D eigenvalue weighted by molar-refractivity contribution is 0.287. The first kappa shape index (κ1) is 16.5. The van der Waals surface area contributed by atoms with Crippen LogP contribution in [0.1, 0.15) is 44.4 Å². The van der Waals surface area contributed by atoms with Gasteiger partial charge in [-0.1, -0.05) is 13.8 Å². The quantitative estimate of drug-likeness (QED) is 0.783. The summed E-state index contributed by atoms with van der Waals surface area (Å²) in [7, 11) is -3.48. The van der Waals surface area contributed by atoms with Crippen molar-refractivity contribution in [2.75, 3.05) is 19.6 Å². The smallest absolute Gasteiger partial charge is 0.262 e. The standard InChI is InChI=1S/C14H26N4O2S/c1-4-7-15-10-13-12(3)16-17-14(13)21(19,20)18-8-5-11(2)6-9-18/h11,15H,4-10H2,1-3H3,(H,16,17). The van der Waals surface area contributed by atoms with Crippen LogP contribution in [-0.4, -0.2) is 42.6 Å². The van der Waals surface area contributed by atoms with Gasteiger partial charge < -0.3 is 5.32 Å². The third kappa shape index (κ3) is 3.64. The lowest BCUT2D eigenvalue weighted by Crippen LogP contribution is -2.38. The number of hydrogen-bond acceptors (Lipinski definition) is 4. The van der Waals surface area contributed by atoms with E-state index in [1.54, 1.807) is 4.31 Å². The second kappa shape index (κ2) is 6.89. The Balaban J connectivity index is 2.20. The summed E-state index contributed by atoms with van der Waals surface area (Å²) >= 11 is 0. The molecule has 1 aliphatic heterocycles. The average molecular weight is 314 g/mol. The molecule has 1 aliphatic rings. The molecular weight excluding hydrogens is 288 g/mol. The summed E-state index contributed by atoms with van der Waals surface area (Å²) in [5.74, 6) is 0.600. The molecule has 0 radical (unpaired) electrons. The SMILES string of the molecule is CCCNCc1c(S(=O)(=O)N2CCC(C)CC2)n[nH]c1C. The summed E-state index contributed by atoms with van der Waals surface area (Å²) in [5, 5.41) is 10.3. The molecule has 1 saturated heterocycles. The maximum absolute atomic E-state index is 12.8. The molecule has 2 N–H and O–H groups in total. The van der Waals surface area contributed by atoms with E-state index in [1.807, 2.05) is 6.92 Å². The molecule has 0 atom stereocenters. The number of hydrogen-bond donors (Lipinski definition) is 2. The number of aryl methyl sites for hydroxylation is 1. The van der Waals surface area contributed by atoms with Crippen LogP contribution < -0.4 is 5.32 Å². The van der Waals surface area contributed by atoms with Gasteiger partial charge in [-0.2, -0.15) is 9.40 Å². The second-order valence-corrected chi connectivity index (χ2v) is 7.75. The predicted octanol–water partition coefficient (Wildman–Crippen LogP) is 1.64. The molecule has 0 aliphatic carbocycles. The third-order valence-corrected chi connectivity index (χ3v) is 5.96. The lowest BCUT2D eigenvalue weighted by atomic mass is 10.0. The molecule has 0 bridgehead atoms. The number of piperidine rings is 1. The van der Waals surface area contributed by atoms with Gasteiger partial charge in [0.25, 0.3) is 10.0 Å². The highest BCUT2D eigenvalue weighted by Crippen LogP contribution is 2.25. The summed E-state index contributed by atoms with van der Waals surface area (Å²) < 4.78 is 27.1. The molecule has 2 rings (SSSR count). The highest BCUT2D eigenvalue weighted by molar-refractivity contribution is 7.89. The van der Waals surface area contributed by atoms with Crippen molar-refractivity contribution in [2.45, 2.75) is 51.6 Å². The van der Waals surface area contributed by atoms with Gasteiger partial charge in [0, 0.05) is 30.9 Å². The van der Waals surface area contributed by atoms with Crippen molar-refractivity contribution in [1.29, 1.82) is 0 Å². The third-order valence-electron chi connectivity index (χ3n) is 4.09. The second-order valence-electron chi connectivity index (χ2n) is 5.90. The zero-order chi connectivity index (χ0) is 15.5. The van der Waals surface area contributed by atoms with Crippen LogP contribution in [0.4, 0.5) is 0 Å². The summed E-state index contributed by atoms with van der Waals surface area (Å²) in [5.41, 5.74) is 1.59. The van der Waals surface area contributed by atoms with Crippen LogP contribution in [0, 0.1) is 12.8 Å². The summed E-state index contributed by atoms with van der Waals surface area (Å²) in [6, 6.07) is 0. The van der Waals surface area contributed by atoms with E-state index in [1.165, 1.54) is 0 Å². The number of aromatic nitrogens is 2. The molecule has 2 heterocycles. The fourth-order valence-electron chi connectivity index (χ4n) is 2.59. The van der Waals surface area contributed by atoms with Gasteiger partial charge in [0.15, 0.2) is 5.03 Å². The summed E-state index contributed by atoms with van der Waals surface area (Å²) in [6.45, 7) is 8.71. The lowest BCUT2D eigenvalue weighted by Gasteiger charge is -2.29. The van der Waals surface area contributed by atoms with Crippen LogP contribution in [-0.2, 0) is 16.6 Å². The summed E-state index contributed by atoms with van der Waals surface area (Å²) in [6.07, 6.45) is 2.86. The Kier molecular flexibility index (Phi) is 5.40. The van der Waals surface area contributed by atoms with Gasteiger partial charge in [0.2, 0.25) is 0 Å². The van der Waals surface area contributed by atoms with Crippen LogP contribution in [0.5, 0.6) is 0 Å². The minimum Gasteiger partial charge on any atom is -0.313 e. The van der Waals surface area contributed by atoms with E-state index < -0.39 is 10.0 Å². The van der Waals surface area contributed by atoms with Crippen molar-refractivity contribution >= 4 is 10.0 Å². The molecule has 7 heteroatoms. The number of nitrogens with zero attached hydrogens (tertiary/aromatic N) is 2. The van der Waals surface area contributed by atoms with E-state index in [4.69, 9.17) is 0 Å². The van der Waals surface area contributed by atoms with E-state index >= 15 is 0 Å². The molecule has 0 amide bonds. The molecule has 120 valence electrons. The molecular formula is C14H26N4O2S. The van der Waals surface area contributed by atoms with E-state index in [0.717, 1.165) is 37.1 Å². The molecule has 0 unspecified atom stereocenters. The fourth-order valence-corrected chi connectivity index (χ4v) is 4.22. The molecule has 0 saturated carbocycles. The van der Waals surface area contributed by atoms with Crippen molar-refractivity contribution in [2.24, 2.45) is 5.92 Å². The normalized spacial score (nSPS) is 18.2. The van der Waals surface area contributed by atoms with Crippen molar-refractivity contribution in [3.8, 4) is 0 Å². The average Bonchev–Trinajstić information content (AvgIpc) is 2.82. The van der Waals surface area contributed by atoms with E-state index in [9.17, 15) is 8.42 Å². The van der Waals surface area contributed by atoms with Gasteiger partial charge in [-0.05, 0) is 38.6 Å². The minimum absolute atomic E-state index is 0.193. The zero-order valence-corrected chi connectivity index (χ0v) is 14.0. The van der Waals surface area contributed by atoms with Crippen LogP contribution in [0.25, 0.3) is 0 Å². The van der Waals surface area contributed by atoms with E-state index in [2.05, 4.69) is 29.4 Å². The molecule has 1 aromatic heterocycles. The number of H-pyrrole nitrogens is 1. The number of rotatable bonds is 6. The number of nitrogens with one attached hydrogen (secondary N) is 2. The first-order valence-electron chi connectivity index (χ1n) is 7.71. The maximum atomic E-state index is 12.8. The Hall–Kier alpha value is -0.920. The van der Waals surface area contributed by atoms with Crippen molar-refractivity contribution in [3.63, 3.8) is 0 Å². The Morgan fingerprint density at radius 1 is 1.38 bits per heavy atom. The topological polar surface area (TPSA) is 78.1 Å². The predicted molar refractivity (Wildman–Crippen MR) is 82.5 cm³/mol. The number of aromatic amines is 1. The van der Waals surface area contributed by atoms with Gasteiger partial charge in [-0.15, -0.1) is 0 Å². The van der Waals surface area contributed by atoms with Gasteiger partial charge in [-0.25, -0.2) is 8.42 Å². The van der Waals surface area contributed by atoms with Gasteiger partial charge >= 0.3 is 0 Å². The Labute approximate surface area is 127 Å². The van der Waals surface area contributed by atoms with Crippen molar-refractivity contribution in [3.05, 3.63) is 11.3 Å². The van der Waals surface area contributed by atoms with Crippen LogP contribution in [0.3, 0.4) is 0 Å². The largest absolute Gasteiger partial charge is 0.313 e. The molecule has 21 heavy (non-hydrogen) atoms. The zero-order valence-electron chi connectivity index (χ0n) is 13.1. The first-order chi connectivity index (χ1) is 9.96. The molecule has 0 spiro atoms. The molecule has 0 aromatic carbocycles. The van der Waals surface area contributed by atoms with Crippen LogP contribution in [0.2, 0.25) is 0 Å². The van der Waals surface area contributed by atoms with Crippen LogP contribution in [0.15, 0.2) is 5.03 Å². The van der Waals surface area contributed by atoms with Crippen molar-refractivity contribution < 1.29 is 8.42 Å². The van der Waals surface area contributed by atoms with Crippen LogP contribution >= 0.6 is 0 Å². The Morgan fingerprint density at radius 2 is 2.05 bits per heavy atom. The first-order valence-corrected chi connectivity index (χ1v) is 9.15. The summed E-state index contributed by atoms with van der Waals surface area (Å²) in [4.78, 5) is 0. The molecule has 1 aromatic rings. The highest BCUT2D eigenvalue weighted by Gasteiger charge is 2.32. The van der Waals surface area contributed by atoms with E-state index in [-0.39, 0.29) is 5.03 Å². The van der Waals surface area contributed by atoms with Gasteiger partial charge in [0.05, 0.1) is 0 Å². The fraction of sp³-hybridized carbons (Fsp3) is 0.786. The molecule has 1 fully saturated rings. The monoisotopic (exact) mass is 314 g/mol.